The first kappa shape index (κ1) is 22.0. The summed E-state index contributed by atoms with van der Waals surface area (Å²) in [5, 5.41) is 8.55. The Kier molecular flexibility index (Phi) is 4.15. The summed E-state index contributed by atoms with van der Waals surface area (Å²) < 4.78 is 4.84. The van der Waals surface area contributed by atoms with E-state index in [1.54, 1.807) is 0 Å². The van der Waals surface area contributed by atoms with Gasteiger partial charge in [0.2, 0.25) is 0 Å². The Morgan fingerprint density at radius 1 is 0.429 bits per heavy atom. The molecule has 0 aliphatic rings. The van der Waals surface area contributed by atoms with Gasteiger partial charge in [-0.25, -0.2) is 9.97 Å². The van der Waals surface area contributed by atoms with Gasteiger partial charge in [-0.15, -0.1) is 0 Å². The van der Waals surface area contributed by atoms with Crippen molar-refractivity contribution in [1.29, 1.82) is 0 Å². The lowest BCUT2D eigenvalue weighted by Crippen LogP contribution is -2.02. The Balaban J connectivity index is 1.49. The first-order chi connectivity index (χ1) is 20.9. The third-order valence-corrected chi connectivity index (χ3v) is 8.83. The molecule has 0 bridgehead atoms. The minimum atomic E-state index is 0.724. The van der Waals surface area contributed by atoms with Gasteiger partial charge in [0, 0.05) is 43.3 Å². The van der Waals surface area contributed by atoms with Crippen LogP contribution in [0.4, 0.5) is 0 Å². The van der Waals surface area contributed by atoms with Crippen molar-refractivity contribution in [2.24, 2.45) is 0 Å². The fraction of sp³-hybridized carbons (Fsp3) is 0. The van der Waals surface area contributed by atoms with E-state index >= 15 is 0 Å². The van der Waals surface area contributed by atoms with Crippen molar-refractivity contribution < 1.29 is 0 Å². The molecule has 0 unspecified atom stereocenters. The van der Waals surface area contributed by atoms with E-state index in [1.165, 1.54) is 54.4 Å². The summed E-state index contributed by atoms with van der Waals surface area (Å²) in [5.41, 5.74) is 7.97. The molecule has 0 aliphatic carbocycles. The summed E-state index contributed by atoms with van der Waals surface area (Å²) in [6.45, 7) is 0. The fourth-order valence-electron chi connectivity index (χ4n) is 7.12. The van der Waals surface area contributed by atoms with Crippen LogP contribution in [0.3, 0.4) is 0 Å². The molecule has 42 heavy (non-hydrogen) atoms. The van der Waals surface area contributed by atoms with Gasteiger partial charge in [0.25, 0.3) is 0 Å². The summed E-state index contributed by atoms with van der Waals surface area (Å²) in [5.74, 6) is 1.62. The monoisotopic (exact) mass is 534 g/mol. The van der Waals surface area contributed by atoms with Crippen molar-refractivity contribution in [3.63, 3.8) is 0 Å². The number of aromatic nitrogens is 4. The van der Waals surface area contributed by atoms with Crippen LogP contribution in [0, 0.1) is 0 Å². The van der Waals surface area contributed by atoms with Crippen molar-refractivity contribution in [2.45, 2.75) is 0 Å². The number of benzene rings is 6. The number of hydrogen-bond acceptors (Lipinski definition) is 2. The van der Waals surface area contributed by atoms with Crippen LogP contribution in [-0.4, -0.2) is 18.9 Å². The quantitative estimate of drug-likeness (QED) is 0.221. The third-order valence-electron chi connectivity index (χ3n) is 8.83. The maximum atomic E-state index is 5.33. The van der Waals surface area contributed by atoms with Gasteiger partial charge in [-0.2, -0.15) is 0 Å². The van der Waals surface area contributed by atoms with Crippen LogP contribution in [0.5, 0.6) is 0 Å². The van der Waals surface area contributed by atoms with Gasteiger partial charge in [0.05, 0.1) is 33.1 Å². The zero-order chi connectivity index (χ0) is 27.4. The Bertz CT molecular complexity index is 2680. The van der Waals surface area contributed by atoms with Crippen molar-refractivity contribution in [3.8, 4) is 17.2 Å². The summed E-state index contributed by atoms with van der Waals surface area (Å²) in [6, 6.07) is 47.3. The summed E-state index contributed by atoms with van der Waals surface area (Å²) in [6.07, 6.45) is 0. The predicted octanol–water partition coefficient (Wildman–Crippen LogP) is 9.54. The van der Waals surface area contributed by atoms with Gasteiger partial charge in [0.15, 0.2) is 5.82 Å². The highest BCUT2D eigenvalue weighted by Crippen LogP contribution is 2.46. The average Bonchev–Trinajstić information content (AvgIpc) is 3.69. The van der Waals surface area contributed by atoms with E-state index in [9.17, 15) is 0 Å². The zero-order valence-corrected chi connectivity index (χ0v) is 22.5. The van der Waals surface area contributed by atoms with Gasteiger partial charge in [-0.3, -0.25) is 4.57 Å². The van der Waals surface area contributed by atoms with Crippen LogP contribution in [0.1, 0.15) is 0 Å². The molecule has 0 radical (unpaired) electrons. The molecular formula is C38H22N4. The van der Waals surface area contributed by atoms with Gasteiger partial charge in [0.1, 0.15) is 5.82 Å². The minimum absolute atomic E-state index is 0.724. The second kappa shape index (κ2) is 7.93. The van der Waals surface area contributed by atoms with Gasteiger partial charge >= 0.3 is 0 Å². The maximum Gasteiger partial charge on any atom is 0.162 e. The molecule has 0 saturated carbocycles. The molecule has 0 atom stereocenters. The van der Waals surface area contributed by atoms with E-state index < -0.39 is 0 Å². The van der Waals surface area contributed by atoms with Gasteiger partial charge in [-0.05, 0) is 36.4 Å². The third kappa shape index (κ3) is 2.71. The molecule has 0 saturated heterocycles. The fourth-order valence-corrected chi connectivity index (χ4v) is 7.12. The Morgan fingerprint density at radius 3 is 1.79 bits per heavy atom. The van der Waals surface area contributed by atoms with Crippen molar-refractivity contribution in [1.82, 2.24) is 18.9 Å². The van der Waals surface area contributed by atoms with E-state index in [0.717, 1.165) is 33.6 Å². The number of hydrogen-bond donors (Lipinski definition) is 0. The number of para-hydroxylation sites is 4. The van der Waals surface area contributed by atoms with Crippen molar-refractivity contribution in [3.05, 3.63) is 133 Å². The van der Waals surface area contributed by atoms with Crippen molar-refractivity contribution in [2.75, 3.05) is 0 Å². The highest BCUT2D eigenvalue weighted by Gasteiger charge is 2.25. The summed E-state index contributed by atoms with van der Waals surface area (Å²) in [4.78, 5) is 10.3. The van der Waals surface area contributed by atoms with E-state index in [-0.39, 0.29) is 0 Å². The lowest BCUT2D eigenvalue weighted by molar-refractivity contribution is 1.08. The standard InChI is InChI=1S/C38H22N4/c1-2-12-23(13-3-1)37-39-30-18-8-4-16-26(30)38(40-37)42-32-20-10-6-15-25(32)29-22-28-24-14-5-9-19-31(24)41-33-21-11-7-17-27(33)34(35(28)41)36(29)42/h1-22H. The molecule has 0 fully saturated rings. The molecule has 6 aromatic carbocycles. The van der Waals surface area contributed by atoms with E-state index in [1.807, 2.05) is 18.2 Å². The van der Waals surface area contributed by atoms with Crippen LogP contribution in [0.15, 0.2) is 133 Å². The first-order valence-corrected chi connectivity index (χ1v) is 14.3. The first-order valence-electron chi connectivity index (χ1n) is 14.3. The van der Waals surface area contributed by atoms with Crippen LogP contribution in [0.25, 0.3) is 88.0 Å². The number of rotatable bonds is 2. The molecule has 0 spiro atoms. The summed E-state index contributed by atoms with van der Waals surface area (Å²) in [7, 11) is 0. The van der Waals surface area contributed by atoms with Crippen LogP contribution < -0.4 is 0 Å². The molecule has 194 valence electrons. The lowest BCUT2D eigenvalue weighted by atomic mass is 10.0. The molecule has 4 aromatic heterocycles. The zero-order valence-electron chi connectivity index (χ0n) is 22.5. The highest BCUT2D eigenvalue weighted by atomic mass is 15.1. The molecular weight excluding hydrogens is 512 g/mol. The van der Waals surface area contributed by atoms with Crippen LogP contribution in [-0.2, 0) is 0 Å². The molecule has 4 heterocycles. The SMILES string of the molecule is c1ccc(-c2nc(-n3c4ccccc4c4cc5c6ccccc6n6c7ccccc7c(c43)c56)c3ccccc3n2)cc1. The second-order valence-electron chi connectivity index (χ2n) is 11.0. The Morgan fingerprint density at radius 2 is 1.00 bits per heavy atom. The molecule has 0 aliphatic heterocycles. The van der Waals surface area contributed by atoms with Gasteiger partial charge in [-0.1, -0.05) is 97.1 Å². The normalized spacial score (nSPS) is 12.3. The van der Waals surface area contributed by atoms with Crippen LogP contribution >= 0.6 is 0 Å². The topological polar surface area (TPSA) is 35.1 Å². The molecule has 4 heteroatoms. The average molecular weight is 535 g/mol. The van der Waals surface area contributed by atoms with Crippen molar-refractivity contribution >= 4 is 70.8 Å². The number of nitrogens with zero attached hydrogens (tertiary/aromatic N) is 4. The second-order valence-corrected chi connectivity index (χ2v) is 11.0. The lowest BCUT2D eigenvalue weighted by Gasteiger charge is -2.13. The molecule has 4 nitrogen and oxygen atoms in total. The number of fused-ring (bicyclic) bond motifs is 11. The predicted molar refractivity (Wildman–Crippen MR) is 174 cm³/mol. The largest absolute Gasteiger partial charge is 0.308 e. The Labute approximate surface area is 240 Å². The molecule has 0 N–H and O–H groups in total. The maximum absolute atomic E-state index is 5.33. The smallest absolute Gasteiger partial charge is 0.162 e. The highest BCUT2D eigenvalue weighted by molar-refractivity contribution is 6.34. The summed E-state index contributed by atoms with van der Waals surface area (Å²) >= 11 is 0. The minimum Gasteiger partial charge on any atom is -0.308 e. The van der Waals surface area contributed by atoms with E-state index in [0.29, 0.717) is 0 Å². The molecule has 10 aromatic rings. The van der Waals surface area contributed by atoms with E-state index in [2.05, 4.69) is 124 Å². The Hall–Kier alpha value is -5.74. The molecule has 10 rings (SSSR count). The van der Waals surface area contributed by atoms with Crippen LogP contribution in [0.2, 0.25) is 0 Å². The van der Waals surface area contributed by atoms with Gasteiger partial charge < -0.3 is 4.40 Å². The van der Waals surface area contributed by atoms with E-state index in [4.69, 9.17) is 9.97 Å². The molecule has 0 amide bonds.